The number of β-amino-alcohol motifs (C(OH)–C–C–N with tert-alkyl or cyclic N) is 1. The third kappa shape index (κ3) is 3.73. The highest BCUT2D eigenvalue weighted by molar-refractivity contribution is 5.73. The second-order valence-electron chi connectivity index (χ2n) is 4.48. The summed E-state index contributed by atoms with van der Waals surface area (Å²) in [5.41, 5.74) is 0. The van der Waals surface area contributed by atoms with Crippen molar-refractivity contribution in [2.24, 2.45) is 0 Å². The van der Waals surface area contributed by atoms with Gasteiger partial charge < -0.3 is 15.5 Å². The molecule has 0 bridgehead atoms. The molecule has 0 aromatic carbocycles. The Morgan fingerprint density at radius 1 is 1.44 bits per heavy atom. The zero-order valence-corrected chi connectivity index (χ0v) is 10.0. The fraction of sp³-hybridized carbons (Fsp3) is 0.909. The number of piperidine rings is 1. The predicted octanol–water partition coefficient (Wildman–Crippen LogP) is -0.671. The average Bonchev–Trinajstić information content (AvgIpc) is 2.21. The van der Waals surface area contributed by atoms with Gasteiger partial charge >= 0.3 is 0 Å². The Hall–Kier alpha value is -0.650. The van der Waals surface area contributed by atoms with Gasteiger partial charge in [-0.2, -0.15) is 0 Å². The van der Waals surface area contributed by atoms with Crippen molar-refractivity contribution < 1.29 is 15.0 Å². The molecule has 1 rings (SSSR count). The van der Waals surface area contributed by atoms with Crippen molar-refractivity contribution in [1.82, 2.24) is 10.2 Å². The minimum atomic E-state index is -0.859. The molecule has 3 N–H and O–H groups in total. The minimum Gasteiger partial charge on any atom is -0.389 e. The van der Waals surface area contributed by atoms with Gasteiger partial charge in [0.2, 0.25) is 5.91 Å². The van der Waals surface area contributed by atoms with Gasteiger partial charge in [0.25, 0.3) is 0 Å². The largest absolute Gasteiger partial charge is 0.389 e. The molecular formula is C11H22N2O3. The van der Waals surface area contributed by atoms with Crippen molar-refractivity contribution in [3.05, 3.63) is 0 Å². The minimum absolute atomic E-state index is 0.173. The van der Waals surface area contributed by atoms with Crippen molar-refractivity contribution in [2.45, 2.75) is 44.9 Å². The Labute approximate surface area is 96.4 Å². The van der Waals surface area contributed by atoms with E-state index in [1.54, 1.807) is 0 Å². The number of hydrogen-bond donors (Lipinski definition) is 3. The smallest absolute Gasteiger partial charge is 0.217 e. The summed E-state index contributed by atoms with van der Waals surface area (Å²) in [7, 11) is 0. The molecule has 3 unspecified atom stereocenters. The predicted molar refractivity (Wildman–Crippen MR) is 61.0 cm³/mol. The van der Waals surface area contributed by atoms with Crippen LogP contribution in [0, 0.1) is 0 Å². The number of unbranched alkanes of at least 4 members (excludes halogenated alkanes) is 1. The first-order valence-corrected chi connectivity index (χ1v) is 5.90. The summed E-state index contributed by atoms with van der Waals surface area (Å²) in [6.07, 6.45) is 0.527. The second-order valence-corrected chi connectivity index (χ2v) is 4.48. The molecule has 1 aliphatic rings. The number of aliphatic hydroxyl groups is 2. The van der Waals surface area contributed by atoms with Crippen LogP contribution in [0.15, 0.2) is 0 Å². The maximum absolute atomic E-state index is 11.0. The average molecular weight is 230 g/mol. The van der Waals surface area contributed by atoms with Crippen LogP contribution in [-0.2, 0) is 4.79 Å². The van der Waals surface area contributed by atoms with Crippen molar-refractivity contribution >= 4 is 5.91 Å². The van der Waals surface area contributed by atoms with E-state index >= 15 is 0 Å². The summed E-state index contributed by atoms with van der Waals surface area (Å²) in [5.74, 6) is -0.173. The molecule has 5 nitrogen and oxygen atoms in total. The molecule has 1 fully saturated rings. The van der Waals surface area contributed by atoms with Crippen LogP contribution in [0.25, 0.3) is 0 Å². The van der Waals surface area contributed by atoms with Gasteiger partial charge in [-0.15, -0.1) is 0 Å². The van der Waals surface area contributed by atoms with E-state index in [1.807, 2.05) is 0 Å². The van der Waals surface area contributed by atoms with Gasteiger partial charge in [0.05, 0.1) is 12.1 Å². The zero-order valence-electron chi connectivity index (χ0n) is 10.0. The first-order valence-electron chi connectivity index (χ1n) is 5.90. The fourth-order valence-corrected chi connectivity index (χ4v) is 2.06. The second kappa shape index (κ2) is 6.18. The van der Waals surface area contributed by atoms with Crippen LogP contribution >= 0.6 is 0 Å². The standard InChI is InChI=1S/C11H22N2O3/c1-3-4-5-13-6-9(12-8(2)14)11(16)10(15)7-13/h9-11,15-16H,3-7H2,1-2H3,(H,12,14). The van der Waals surface area contributed by atoms with E-state index in [0.29, 0.717) is 13.1 Å². The highest BCUT2D eigenvalue weighted by Crippen LogP contribution is 2.12. The molecule has 94 valence electrons. The van der Waals surface area contributed by atoms with Gasteiger partial charge in [0.1, 0.15) is 6.10 Å². The van der Waals surface area contributed by atoms with Crippen LogP contribution in [0.1, 0.15) is 26.7 Å². The molecule has 0 radical (unpaired) electrons. The van der Waals surface area contributed by atoms with Crippen LogP contribution in [0.4, 0.5) is 0 Å². The molecule has 0 saturated carbocycles. The van der Waals surface area contributed by atoms with Crippen molar-refractivity contribution in [3.8, 4) is 0 Å². The molecule has 16 heavy (non-hydrogen) atoms. The van der Waals surface area contributed by atoms with E-state index in [2.05, 4.69) is 17.1 Å². The Morgan fingerprint density at radius 2 is 2.12 bits per heavy atom. The van der Waals surface area contributed by atoms with Gasteiger partial charge in [-0.25, -0.2) is 0 Å². The Morgan fingerprint density at radius 3 is 2.69 bits per heavy atom. The Kier molecular flexibility index (Phi) is 5.18. The van der Waals surface area contributed by atoms with Crippen LogP contribution in [0.3, 0.4) is 0 Å². The fourth-order valence-electron chi connectivity index (χ4n) is 2.06. The number of rotatable bonds is 4. The van der Waals surface area contributed by atoms with Crippen molar-refractivity contribution in [3.63, 3.8) is 0 Å². The SMILES string of the molecule is CCCCN1CC(O)C(O)C(NC(C)=O)C1. The van der Waals surface area contributed by atoms with E-state index in [0.717, 1.165) is 19.4 Å². The molecule has 3 atom stereocenters. The normalized spacial score (nSPS) is 31.4. The van der Waals surface area contributed by atoms with Gasteiger partial charge in [-0.05, 0) is 13.0 Å². The number of carbonyl (C=O) groups excluding carboxylic acids is 1. The molecule has 0 aromatic heterocycles. The molecule has 1 aliphatic heterocycles. The number of aliphatic hydroxyl groups excluding tert-OH is 2. The summed E-state index contributed by atoms with van der Waals surface area (Å²) >= 11 is 0. The van der Waals surface area contributed by atoms with Gasteiger partial charge in [0, 0.05) is 20.0 Å². The third-order valence-electron chi connectivity index (χ3n) is 2.92. The third-order valence-corrected chi connectivity index (χ3v) is 2.92. The number of nitrogens with one attached hydrogen (secondary N) is 1. The quantitative estimate of drug-likeness (QED) is 0.599. The summed E-state index contributed by atoms with van der Waals surface area (Å²) in [6, 6.07) is -0.363. The lowest BCUT2D eigenvalue weighted by atomic mass is 9.99. The number of nitrogens with zero attached hydrogens (tertiary/aromatic N) is 1. The van der Waals surface area contributed by atoms with E-state index in [1.165, 1.54) is 6.92 Å². The highest BCUT2D eigenvalue weighted by atomic mass is 16.3. The van der Waals surface area contributed by atoms with Crippen LogP contribution in [-0.4, -0.2) is 58.9 Å². The lowest BCUT2D eigenvalue weighted by Crippen LogP contribution is -2.61. The topological polar surface area (TPSA) is 72.8 Å². The van der Waals surface area contributed by atoms with E-state index < -0.39 is 12.2 Å². The molecule has 0 aromatic rings. The van der Waals surface area contributed by atoms with Gasteiger partial charge in [-0.3, -0.25) is 9.69 Å². The van der Waals surface area contributed by atoms with Crippen LogP contribution in [0.2, 0.25) is 0 Å². The summed E-state index contributed by atoms with van der Waals surface area (Å²) in [5, 5.41) is 22.1. The summed E-state index contributed by atoms with van der Waals surface area (Å²) < 4.78 is 0. The number of carbonyl (C=O) groups is 1. The maximum Gasteiger partial charge on any atom is 0.217 e. The van der Waals surface area contributed by atoms with Crippen molar-refractivity contribution in [2.75, 3.05) is 19.6 Å². The first-order chi connectivity index (χ1) is 7.54. The maximum atomic E-state index is 11.0. The van der Waals surface area contributed by atoms with Gasteiger partial charge in [-0.1, -0.05) is 13.3 Å². The molecule has 0 aliphatic carbocycles. The molecule has 5 heteroatoms. The lowest BCUT2D eigenvalue weighted by molar-refractivity contribution is -0.123. The first kappa shape index (κ1) is 13.4. The van der Waals surface area contributed by atoms with Crippen molar-refractivity contribution in [1.29, 1.82) is 0 Å². The molecule has 0 spiro atoms. The Balaban J connectivity index is 2.51. The van der Waals surface area contributed by atoms with E-state index in [9.17, 15) is 15.0 Å². The molecular weight excluding hydrogens is 208 g/mol. The van der Waals surface area contributed by atoms with E-state index in [-0.39, 0.29) is 11.9 Å². The summed E-state index contributed by atoms with van der Waals surface area (Å²) in [4.78, 5) is 13.0. The number of hydrogen-bond acceptors (Lipinski definition) is 4. The number of likely N-dealkylation sites (tertiary alicyclic amines) is 1. The molecule has 1 amide bonds. The Bertz CT molecular complexity index is 235. The van der Waals surface area contributed by atoms with Crippen LogP contribution in [0.5, 0.6) is 0 Å². The monoisotopic (exact) mass is 230 g/mol. The highest BCUT2D eigenvalue weighted by Gasteiger charge is 2.34. The summed E-state index contributed by atoms with van der Waals surface area (Å²) in [6.45, 7) is 5.52. The van der Waals surface area contributed by atoms with E-state index in [4.69, 9.17) is 0 Å². The molecule has 1 heterocycles. The zero-order chi connectivity index (χ0) is 12.1. The van der Waals surface area contributed by atoms with Gasteiger partial charge in [0.15, 0.2) is 0 Å². The number of amides is 1. The molecule has 1 saturated heterocycles. The van der Waals surface area contributed by atoms with Crippen LogP contribution < -0.4 is 5.32 Å². The lowest BCUT2D eigenvalue weighted by Gasteiger charge is -2.39.